The Kier molecular flexibility index (Phi) is 5.12. The van der Waals surface area contributed by atoms with E-state index < -0.39 is 0 Å². The number of likely N-dealkylation sites (N-methyl/N-ethyl adjacent to an activating group) is 1. The highest BCUT2D eigenvalue weighted by Crippen LogP contribution is 2.32. The molecule has 0 aliphatic carbocycles. The van der Waals surface area contributed by atoms with Crippen molar-refractivity contribution in [1.82, 2.24) is 9.88 Å². The summed E-state index contributed by atoms with van der Waals surface area (Å²) < 4.78 is 0. The van der Waals surface area contributed by atoms with Gasteiger partial charge in [-0.2, -0.15) is 0 Å². The number of nitrogens with zero attached hydrogens (tertiary/aromatic N) is 3. The molecule has 2 aromatic rings. The topological polar surface area (TPSA) is 53.5 Å². The van der Waals surface area contributed by atoms with E-state index in [0.717, 1.165) is 24.1 Å². The molecule has 0 bridgehead atoms. The summed E-state index contributed by atoms with van der Waals surface area (Å²) in [6.07, 6.45) is 4.99. The van der Waals surface area contributed by atoms with Crippen LogP contribution < -0.4 is 4.90 Å². The van der Waals surface area contributed by atoms with Crippen molar-refractivity contribution < 1.29 is 9.59 Å². The summed E-state index contributed by atoms with van der Waals surface area (Å²) in [6.45, 7) is 2.61. The molecule has 0 saturated heterocycles. The summed E-state index contributed by atoms with van der Waals surface area (Å²) in [6, 6.07) is 11.9. The summed E-state index contributed by atoms with van der Waals surface area (Å²) in [7, 11) is 1.75. The van der Waals surface area contributed by atoms with Crippen molar-refractivity contribution in [3.05, 3.63) is 59.9 Å². The van der Waals surface area contributed by atoms with Gasteiger partial charge in [-0.3, -0.25) is 14.6 Å². The lowest BCUT2D eigenvalue weighted by Gasteiger charge is -2.24. The predicted molar refractivity (Wildman–Crippen MR) is 97.3 cm³/mol. The van der Waals surface area contributed by atoms with E-state index >= 15 is 0 Å². The molecule has 0 radical (unpaired) electrons. The normalized spacial score (nSPS) is 15.8. The van der Waals surface area contributed by atoms with Gasteiger partial charge in [0.15, 0.2) is 0 Å². The molecule has 0 spiro atoms. The standard InChI is InChI=1S/C20H23N3O2/c1-15-13-17-5-3-4-6-18(17)23(15)20(25)14-19(24)22(2)12-9-16-7-10-21-11-8-16/h3-8,10-11,15H,9,12-14H2,1-2H3. The number of amides is 2. The second-order valence-electron chi connectivity index (χ2n) is 6.54. The molecule has 130 valence electrons. The number of anilines is 1. The first kappa shape index (κ1) is 17.1. The quantitative estimate of drug-likeness (QED) is 0.788. The number of hydrogen-bond acceptors (Lipinski definition) is 3. The fraction of sp³-hybridized carbons (Fsp3) is 0.350. The van der Waals surface area contributed by atoms with E-state index in [4.69, 9.17) is 0 Å². The lowest BCUT2D eigenvalue weighted by Crippen LogP contribution is -2.40. The maximum absolute atomic E-state index is 12.7. The van der Waals surface area contributed by atoms with Crippen LogP contribution in [0.4, 0.5) is 5.69 Å². The van der Waals surface area contributed by atoms with Gasteiger partial charge in [0.05, 0.1) is 0 Å². The van der Waals surface area contributed by atoms with Crippen LogP contribution >= 0.6 is 0 Å². The van der Waals surface area contributed by atoms with Gasteiger partial charge in [0.2, 0.25) is 11.8 Å². The van der Waals surface area contributed by atoms with Gasteiger partial charge in [-0.05, 0) is 49.1 Å². The number of hydrogen-bond donors (Lipinski definition) is 0. The number of benzene rings is 1. The molecule has 0 N–H and O–H groups in total. The van der Waals surface area contributed by atoms with Crippen molar-refractivity contribution in [2.24, 2.45) is 0 Å². The van der Waals surface area contributed by atoms with E-state index in [1.165, 1.54) is 5.56 Å². The summed E-state index contributed by atoms with van der Waals surface area (Å²) in [5, 5.41) is 0. The van der Waals surface area contributed by atoms with E-state index in [0.29, 0.717) is 6.54 Å². The molecule has 3 rings (SSSR count). The zero-order valence-electron chi connectivity index (χ0n) is 14.7. The molecule has 2 amide bonds. The van der Waals surface area contributed by atoms with Crippen LogP contribution in [-0.4, -0.2) is 41.3 Å². The van der Waals surface area contributed by atoms with Crippen LogP contribution in [0.3, 0.4) is 0 Å². The number of para-hydroxylation sites is 1. The van der Waals surface area contributed by atoms with Crippen molar-refractivity contribution in [2.75, 3.05) is 18.5 Å². The Balaban J connectivity index is 1.58. The number of carbonyl (C=O) groups excluding carboxylic acids is 2. The van der Waals surface area contributed by atoms with Crippen LogP contribution in [0.1, 0.15) is 24.5 Å². The SMILES string of the molecule is CC1Cc2ccccc2N1C(=O)CC(=O)N(C)CCc1ccncc1. The fourth-order valence-electron chi connectivity index (χ4n) is 3.27. The van der Waals surface area contributed by atoms with Gasteiger partial charge in [-0.25, -0.2) is 0 Å². The van der Waals surface area contributed by atoms with E-state index in [9.17, 15) is 9.59 Å². The molecule has 1 aromatic heterocycles. The first-order valence-corrected chi connectivity index (χ1v) is 8.59. The first-order valence-electron chi connectivity index (χ1n) is 8.59. The Bertz CT molecular complexity index is 761. The Morgan fingerprint density at radius 1 is 1.20 bits per heavy atom. The highest BCUT2D eigenvalue weighted by atomic mass is 16.2. The van der Waals surface area contributed by atoms with Gasteiger partial charge in [0.1, 0.15) is 6.42 Å². The molecule has 1 aliphatic heterocycles. The number of carbonyl (C=O) groups is 2. The molecular weight excluding hydrogens is 314 g/mol. The zero-order valence-corrected chi connectivity index (χ0v) is 14.7. The molecule has 5 heteroatoms. The highest BCUT2D eigenvalue weighted by molar-refractivity contribution is 6.06. The summed E-state index contributed by atoms with van der Waals surface area (Å²) >= 11 is 0. The third-order valence-electron chi connectivity index (χ3n) is 4.69. The van der Waals surface area contributed by atoms with Crippen molar-refractivity contribution in [3.63, 3.8) is 0 Å². The molecule has 1 unspecified atom stereocenters. The van der Waals surface area contributed by atoms with Crippen molar-refractivity contribution >= 4 is 17.5 Å². The van der Waals surface area contributed by atoms with Crippen molar-refractivity contribution in [3.8, 4) is 0 Å². The van der Waals surface area contributed by atoms with Crippen LogP contribution in [-0.2, 0) is 22.4 Å². The van der Waals surface area contributed by atoms with E-state index in [-0.39, 0.29) is 24.3 Å². The largest absolute Gasteiger partial charge is 0.345 e. The summed E-state index contributed by atoms with van der Waals surface area (Å²) in [4.78, 5) is 32.5. The van der Waals surface area contributed by atoms with Crippen LogP contribution in [0.25, 0.3) is 0 Å². The second kappa shape index (κ2) is 7.47. The van der Waals surface area contributed by atoms with Crippen LogP contribution in [0.5, 0.6) is 0 Å². The monoisotopic (exact) mass is 337 g/mol. The van der Waals surface area contributed by atoms with Gasteiger partial charge in [0, 0.05) is 37.7 Å². The van der Waals surface area contributed by atoms with Crippen LogP contribution in [0, 0.1) is 0 Å². The zero-order chi connectivity index (χ0) is 17.8. The Morgan fingerprint density at radius 3 is 2.68 bits per heavy atom. The number of aromatic nitrogens is 1. The van der Waals surface area contributed by atoms with Crippen LogP contribution in [0.2, 0.25) is 0 Å². The third-order valence-corrected chi connectivity index (χ3v) is 4.69. The summed E-state index contributed by atoms with van der Waals surface area (Å²) in [5.74, 6) is -0.270. The molecule has 5 nitrogen and oxygen atoms in total. The minimum absolute atomic E-state index is 0.0917. The molecule has 2 heterocycles. The molecular formula is C20H23N3O2. The minimum atomic E-state index is -0.143. The Morgan fingerprint density at radius 2 is 1.92 bits per heavy atom. The van der Waals surface area contributed by atoms with Gasteiger partial charge in [0.25, 0.3) is 0 Å². The van der Waals surface area contributed by atoms with Gasteiger partial charge in [-0.15, -0.1) is 0 Å². The Labute approximate surface area is 148 Å². The lowest BCUT2D eigenvalue weighted by molar-refractivity contribution is -0.134. The minimum Gasteiger partial charge on any atom is -0.345 e. The van der Waals surface area contributed by atoms with Crippen molar-refractivity contribution in [2.45, 2.75) is 32.2 Å². The molecule has 25 heavy (non-hydrogen) atoms. The third kappa shape index (κ3) is 3.87. The second-order valence-corrected chi connectivity index (χ2v) is 6.54. The fourth-order valence-corrected chi connectivity index (χ4v) is 3.27. The van der Waals surface area contributed by atoms with Crippen molar-refractivity contribution in [1.29, 1.82) is 0 Å². The average molecular weight is 337 g/mol. The molecule has 1 atom stereocenters. The first-order chi connectivity index (χ1) is 12.1. The van der Waals surface area contributed by atoms with Crippen LogP contribution in [0.15, 0.2) is 48.8 Å². The van der Waals surface area contributed by atoms with E-state index in [1.54, 1.807) is 29.2 Å². The predicted octanol–water partition coefficient (Wildman–Crippen LogP) is 2.45. The number of fused-ring (bicyclic) bond motifs is 1. The lowest BCUT2D eigenvalue weighted by atomic mass is 10.1. The molecule has 1 aliphatic rings. The average Bonchev–Trinajstić information content (AvgIpc) is 2.96. The van der Waals surface area contributed by atoms with Gasteiger partial charge < -0.3 is 9.80 Å². The molecule has 0 saturated carbocycles. The summed E-state index contributed by atoms with van der Waals surface area (Å²) in [5.41, 5.74) is 3.23. The highest BCUT2D eigenvalue weighted by Gasteiger charge is 2.31. The Hall–Kier alpha value is -2.69. The smallest absolute Gasteiger partial charge is 0.236 e. The maximum atomic E-state index is 12.7. The molecule has 1 aromatic carbocycles. The van der Waals surface area contributed by atoms with E-state index in [1.807, 2.05) is 43.3 Å². The number of pyridine rings is 1. The number of rotatable bonds is 5. The van der Waals surface area contributed by atoms with Gasteiger partial charge >= 0.3 is 0 Å². The van der Waals surface area contributed by atoms with E-state index in [2.05, 4.69) is 4.98 Å². The molecule has 0 fully saturated rings. The van der Waals surface area contributed by atoms with Gasteiger partial charge in [-0.1, -0.05) is 18.2 Å². The maximum Gasteiger partial charge on any atom is 0.236 e.